The van der Waals surface area contributed by atoms with Crippen molar-refractivity contribution < 1.29 is 19.1 Å². The van der Waals surface area contributed by atoms with Gasteiger partial charge in [0.2, 0.25) is 18.6 Å². The van der Waals surface area contributed by atoms with Gasteiger partial charge in [0.25, 0.3) is 0 Å². The Morgan fingerprint density at radius 2 is 1.93 bits per heavy atom. The first-order chi connectivity index (χ1) is 13.0. The summed E-state index contributed by atoms with van der Waals surface area (Å²) in [4.78, 5) is 26.6. The molecule has 6 nitrogen and oxygen atoms in total. The molecule has 2 amide bonds. The maximum absolute atomic E-state index is 12.7. The average Bonchev–Trinajstić information content (AvgIpc) is 3.28. The highest BCUT2D eigenvalue weighted by molar-refractivity contribution is 6.30. The zero-order valence-corrected chi connectivity index (χ0v) is 15.5. The van der Waals surface area contributed by atoms with E-state index in [1.54, 1.807) is 29.2 Å². The molecular formula is C20H19ClN2O4. The Kier molecular flexibility index (Phi) is 4.66. The molecule has 1 saturated heterocycles. The minimum Gasteiger partial charge on any atom is -0.454 e. The van der Waals surface area contributed by atoms with Gasteiger partial charge in [0.05, 0.1) is 12.0 Å². The Morgan fingerprint density at radius 1 is 1.19 bits per heavy atom. The van der Waals surface area contributed by atoms with Crippen LogP contribution in [-0.2, 0) is 9.59 Å². The van der Waals surface area contributed by atoms with Crippen LogP contribution >= 0.6 is 11.6 Å². The molecule has 2 aliphatic heterocycles. The van der Waals surface area contributed by atoms with Crippen LogP contribution in [0.15, 0.2) is 42.5 Å². The van der Waals surface area contributed by atoms with E-state index >= 15 is 0 Å². The number of rotatable bonds is 4. The molecular weight excluding hydrogens is 368 g/mol. The Labute approximate surface area is 162 Å². The molecule has 1 fully saturated rings. The summed E-state index contributed by atoms with van der Waals surface area (Å²) in [6.07, 6.45) is 0.197. The molecule has 1 N–H and O–H groups in total. The minimum atomic E-state index is -0.385. The number of anilines is 1. The van der Waals surface area contributed by atoms with Crippen molar-refractivity contribution in [2.75, 3.05) is 18.2 Å². The molecule has 4 rings (SSSR count). The number of hydrogen-bond acceptors (Lipinski definition) is 4. The highest BCUT2D eigenvalue weighted by atomic mass is 35.5. The summed E-state index contributed by atoms with van der Waals surface area (Å²) >= 11 is 5.90. The van der Waals surface area contributed by atoms with E-state index in [0.29, 0.717) is 23.1 Å². The number of nitrogens with zero attached hydrogens (tertiary/aromatic N) is 1. The van der Waals surface area contributed by atoms with Crippen molar-refractivity contribution in [1.82, 2.24) is 5.32 Å². The lowest BCUT2D eigenvalue weighted by Crippen LogP contribution is -2.34. The fourth-order valence-electron chi connectivity index (χ4n) is 3.35. The standard InChI is InChI=1S/C20H19ClN2O4/c1-12(13-2-7-17-18(8-13)27-11-26-17)22-20(25)14-9-19(24)23(10-14)16-5-3-15(21)4-6-16/h2-8,12,14H,9-11H2,1H3,(H,22,25). The van der Waals surface area contributed by atoms with Crippen LogP contribution in [0.2, 0.25) is 5.02 Å². The predicted octanol–water partition coefficient (Wildman–Crippen LogP) is 3.30. The molecule has 2 aromatic rings. The number of ether oxygens (including phenoxy) is 2. The molecule has 2 aliphatic rings. The van der Waals surface area contributed by atoms with Crippen LogP contribution in [0.25, 0.3) is 0 Å². The van der Waals surface area contributed by atoms with Gasteiger partial charge in [-0.2, -0.15) is 0 Å². The average molecular weight is 387 g/mol. The Morgan fingerprint density at radius 3 is 2.70 bits per heavy atom. The molecule has 0 bridgehead atoms. The fraction of sp³-hybridized carbons (Fsp3) is 0.300. The first-order valence-corrected chi connectivity index (χ1v) is 9.15. The maximum atomic E-state index is 12.7. The third-order valence-electron chi connectivity index (χ3n) is 4.89. The lowest BCUT2D eigenvalue weighted by molar-refractivity contribution is -0.126. The van der Waals surface area contributed by atoms with Gasteiger partial charge >= 0.3 is 0 Å². The van der Waals surface area contributed by atoms with E-state index in [1.807, 2.05) is 25.1 Å². The quantitative estimate of drug-likeness (QED) is 0.875. The Bertz CT molecular complexity index is 884. The van der Waals surface area contributed by atoms with E-state index in [1.165, 1.54) is 0 Å². The third-order valence-corrected chi connectivity index (χ3v) is 5.14. The summed E-state index contributed by atoms with van der Waals surface area (Å²) in [6, 6.07) is 12.4. The van der Waals surface area contributed by atoms with Crippen LogP contribution in [0, 0.1) is 5.92 Å². The van der Waals surface area contributed by atoms with Gasteiger partial charge in [-0.1, -0.05) is 17.7 Å². The topological polar surface area (TPSA) is 67.9 Å². The molecule has 2 unspecified atom stereocenters. The van der Waals surface area contributed by atoms with Crippen molar-refractivity contribution in [1.29, 1.82) is 0 Å². The van der Waals surface area contributed by atoms with Gasteiger partial charge in [0, 0.05) is 23.7 Å². The second-order valence-corrected chi connectivity index (χ2v) is 7.16. The molecule has 140 valence electrons. The number of benzene rings is 2. The second-order valence-electron chi connectivity index (χ2n) is 6.72. The lowest BCUT2D eigenvalue weighted by atomic mass is 10.0. The van der Waals surface area contributed by atoms with Crippen molar-refractivity contribution in [2.45, 2.75) is 19.4 Å². The summed E-state index contributed by atoms with van der Waals surface area (Å²) in [5, 5.41) is 3.60. The number of fused-ring (bicyclic) bond motifs is 1. The van der Waals surface area contributed by atoms with Gasteiger partial charge in [-0.05, 0) is 48.9 Å². The van der Waals surface area contributed by atoms with Crippen molar-refractivity contribution in [2.24, 2.45) is 5.92 Å². The molecule has 0 aromatic heterocycles. The van der Waals surface area contributed by atoms with Crippen molar-refractivity contribution in [3.8, 4) is 11.5 Å². The summed E-state index contributed by atoms with van der Waals surface area (Å²) in [5.41, 5.74) is 1.68. The number of hydrogen-bond donors (Lipinski definition) is 1. The number of carbonyl (C=O) groups is 2. The summed E-state index contributed by atoms with van der Waals surface area (Å²) in [5.74, 6) is 0.804. The normalized spacial score (nSPS) is 19.3. The van der Waals surface area contributed by atoms with E-state index in [2.05, 4.69) is 5.32 Å². The predicted molar refractivity (Wildman–Crippen MR) is 101 cm³/mol. The van der Waals surface area contributed by atoms with Gasteiger partial charge in [-0.25, -0.2) is 0 Å². The van der Waals surface area contributed by atoms with E-state index in [4.69, 9.17) is 21.1 Å². The monoisotopic (exact) mass is 386 g/mol. The molecule has 2 heterocycles. The number of nitrogens with one attached hydrogen (secondary N) is 1. The molecule has 0 radical (unpaired) electrons. The second kappa shape index (κ2) is 7.12. The zero-order chi connectivity index (χ0) is 19.0. The highest BCUT2D eigenvalue weighted by Crippen LogP contribution is 2.34. The number of halogens is 1. The van der Waals surface area contributed by atoms with Crippen LogP contribution in [0.4, 0.5) is 5.69 Å². The molecule has 0 spiro atoms. The molecule has 27 heavy (non-hydrogen) atoms. The van der Waals surface area contributed by atoms with Crippen molar-refractivity contribution in [3.63, 3.8) is 0 Å². The molecule has 0 aliphatic carbocycles. The first kappa shape index (κ1) is 17.7. The number of amides is 2. The van der Waals surface area contributed by atoms with E-state index in [-0.39, 0.29) is 37.0 Å². The van der Waals surface area contributed by atoms with Crippen molar-refractivity contribution in [3.05, 3.63) is 53.1 Å². The molecule has 2 atom stereocenters. The van der Waals surface area contributed by atoms with Gasteiger partial charge < -0.3 is 19.7 Å². The Balaban J connectivity index is 1.41. The van der Waals surface area contributed by atoms with E-state index in [9.17, 15) is 9.59 Å². The van der Waals surface area contributed by atoms with E-state index in [0.717, 1.165) is 11.3 Å². The summed E-state index contributed by atoms with van der Waals surface area (Å²) in [6.45, 7) is 2.48. The third kappa shape index (κ3) is 3.57. The molecule has 2 aromatic carbocycles. The van der Waals surface area contributed by atoms with Gasteiger partial charge in [-0.15, -0.1) is 0 Å². The highest BCUT2D eigenvalue weighted by Gasteiger charge is 2.35. The largest absolute Gasteiger partial charge is 0.454 e. The van der Waals surface area contributed by atoms with Crippen LogP contribution in [0.5, 0.6) is 11.5 Å². The first-order valence-electron chi connectivity index (χ1n) is 8.77. The van der Waals surface area contributed by atoms with Crippen molar-refractivity contribution >= 4 is 29.1 Å². The molecule has 0 saturated carbocycles. The van der Waals surface area contributed by atoms with Gasteiger partial charge in [-0.3, -0.25) is 9.59 Å². The maximum Gasteiger partial charge on any atom is 0.231 e. The van der Waals surface area contributed by atoms with Crippen LogP contribution in [-0.4, -0.2) is 25.2 Å². The summed E-state index contributed by atoms with van der Waals surface area (Å²) in [7, 11) is 0. The zero-order valence-electron chi connectivity index (χ0n) is 14.8. The smallest absolute Gasteiger partial charge is 0.231 e. The summed E-state index contributed by atoms with van der Waals surface area (Å²) < 4.78 is 10.7. The van der Waals surface area contributed by atoms with Crippen LogP contribution < -0.4 is 19.7 Å². The van der Waals surface area contributed by atoms with Crippen LogP contribution in [0.3, 0.4) is 0 Å². The van der Waals surface area contributed by atoms with Crippen LogP contribution in [0.1, 0.15) is 24.9 Å². The fourth-order valence-corrected chi connectivity index (χ4v) is 3.48. The van der Waals surface area contributed by atoms with Gasteiger partial charge in [0.15, 0.2) is 11.5 Å². The molecule has 7 heteroatoms. The van der Waals surface area contributed by atoms with Gasteiger partial charge in [0.1, 0.15) is 0 Å². The SMILES string of the molecule is CC(NC(=O)C1CC(=O)N(c2ccc(Cl)cc2)C1)c1ccc2c(c1)OCO2. The minimum absolute atomic E-state index is 0.0618. The Hall–Kier alpha value is -2.73. The number of carbonyl (C=O) groups excluding carboxylic acids is 2. The lowest BCUT2D eigenvalue weighted by Gasteiger charge is -2.19. The van der Waals surface area contributed by atoms with E-state index < -0.39 is 0 Å².